The fourth-order valence-corrected chi connectivity index (χ4v) is 5.71. The summed E-state index contributed by atoms with van der Waals surface area (Å²) in [4.78, 5) is 28.2. The summed E-state index contributed by atoms with van der Waals surface area (Å²) in [6, 6.07) is 8.59. The average molecular weight is 587 g/mol. The molecule has 1 saturated carbocycles. The van der Waals surface area contributed by atoms with Crippen LogP contribution < -0.4 is 19.1 Å². The number of benzene rings is 2. The van der Waals surface area contributed by atoms with Crippen LogP contribution in [-0.4, -0.2) is 64.2 Å². The molecule has 0 unspecified atom stereocenters. The number of methoxy groups -OCH3 is 2. The van der Waals surface area contributed by atoms with Gasteiger partial charge in [-0.25, -0.2) is 8.42 Å². The number of hydrogen-bond acceptors (Lipinski definition) is 6. The molecule has 1 atom stereocenters. The third-order valence-corrected chi connectivity index (χ3v) is 8.29. The topological polar surface area (TPSA) is 105 Å². The smallest absolute Gasteiger partial charge is 0.244 e. The lowest BCUT2D eigenvalue weighted by atomic mass is 10.1. The Hall–Kier alpha value is -2.69. The van der Waals surface area contributed by atoms with Gasteiger partial charge >= 0.3 is 0 Å². The number of nitrogens with one attached hydrogen (secondary N) is 1. The van der Waals surface area contributed by atoms with Gasteiger partial charge in [0.05, 0.1) is 26.2 Å². The molecule has 1 N–H and O–H groups in total. The van der Waals surface area contributed by atoms with Crippen LogP contribution in [0.25, 0.3) is 0 Å². The minimum Gasteiger partial charge on any atom is -0.493 e. The van der Waals surface area contributed by atoms with Crippen molar-refractivity contribution in [3.63, 3.8) is 0 Å². The van der Waals surface area contributed by atoms with E-state index in [1.54, 1.807) is 31.2 Å². The normalized spacial score (nSPS) is 14.6. The van der Waals surface area contributed by atoms with Gasteiger partial charge in [-0.1, -0.05) is 42.1 Å². The van der Waals surface area contributed by atoms with Crippen molar-refractivity contribution >= 4 is 50.7 Å². The molecule has 0 saturated heterocycles. The van der Waals surface area contributed by atoms with Crippen molar-refractivity contribution in [3.05, 3.63) is 52.0 Å². The van der Waals surface area contributed by atoms with Crippen molar-refractivity contribution in [2.45, 2.75) is 51.2 Å². The lowest BCUT2D eigenvalue weighted by Gasteiger charge is -2.32. The zero-order chi connectivity index (χ0) is 28.0. The Labute approximate surface area is 234 Å². The van der Waals surface area contributed by atoms with Gasteiger partial charge in [0.2, 0.25) is 21.8 Å². The minimum atomic E-state index is -3.90. The summed E-state index contributed by atoms with van der Waals surface area (Å²) in [5.74, 6) is -0.176. The number of amides is 2. The van der Waals surface area contributed by atoms with E-state index in [1.807, 2.05) is 0 Å². The van der Waals surface area contributed by atoms with Gasteiger partial charge < -0.3 is 19.7 Å². The number of carbonyl (C=O) groups excluding carboxylic acids is 2. The fourth-order valence-electron chi connectivity index (χ4n) is 4.40. The summed E-state index contributed by atoms with van der Waals surface area (Å²) in [5.41, 5.74) is 0.785. The van der Waals surface area contributed by atoms with E-state index in [1.165, 1.54) is 31.3 Å². The first kappa shape index (κ1) is 29.9. The molecule has 1 fully saturated rings. The maximum atomic E-state index is 13.7. The van der Waals surface area contributed by atoms with E-state index in [0.717, 1.165) is 36.2 Å². The highest BCUT2D eigenvalue weighted by Gasteiger charge is 2.32. The van der Waals surface area contributed by atoms with E-state index in [9.17, 15) is 18.0 Å². The van der Waals surface area contributed by atoms with Crippen molar-refractivity contribution < 1.29 is 27.5 Å². The lowest BCUT2D eigenvalue weighted by molar-refractivity contribution is -0.139. The van der Waals surface area contributed by atoms with E-state index in [2.05, 4.69) is 5.32 Å². The summed E-state index contributed by atoms with van der Waals surface area (Å²) in [6.07, 6.45) is 4.86. The fraction of sp³-hybridized carbons (Fsp3) is 0.462. The van der Waals surface area contributed by atoms with E-state index < -0.39 is 28.5 Å². The van der Waals surface area contributed by atoms with Crippen LogP contribution in [0.3, 0.4) is 0 Å². The zero-order valence-electron chi connectivity index (χ0n) is 21.9. The van der Waals surface area contributed by atoms with Gasteiger partial charge in [0, 0.05) is 28.7 Å². The molecule has 2 aromatic carbocycles. The maximum Gasteiger partial charge on any atom is 0.244 e. The second-order valence-electron chi connectivity index (χ2n) is 9.23. The molecule has 0 aromatic heterocycles. The number of carbonyl (C=O) groups is 2. The largest absolute Gasteiger partial charge is 0.493 e. The van der Waals surface area contributed by atoms with E-state index in [-0.39, 0.29) is 24.2 Å². The number of halogens is 2. The Morgan fingerprint density at radius 1 is 1.05 bits per heavy atom. The predicted molar refractivity (Wildman–Crippen MR) is 149 cm³/mol. The molecule has 0 spiro atoms. The number of ether oxygens (including phenoxy) is 2. The Balaban J connectivity index is 1.94. The Bertz CT molecular complexity index is 1270. The summed E-state index contributed by atoms with van der Waals surface area (Å²) in [5, 5.41) is 3.78. The summed E-state index contributed by atoms with van der Waals surface area (Å²) in [7, 11) is -1.00. The molecule has 208 valence electrons. The summed E-state index contributed by atoms with van der Waals surface area (Å²) < 4.78 is 37.1. The molecule has 0 radical (unpaired) electrons. The zero-order valence-corrected chi connectivity index (χ0v) is 24.2. The molecule has 0 heterocycles. The third kappa shape index (κ3) is 7.45. The molecule has 0 aliphatic heterocycles. The second kappa shape index (κ2) is 12.9. The summed E-state index contributed by atoms with van der Waals surface area (Å²) in [6.45, 7) is 1.06. The molecule has 9 nitrogen and oxygen atoms in total. The lowest BCUT2D eigenvalue weighted by Crippen LogP contribution is -2.52. The Kier molecular flexibility index (Phi) is 10.1. The monoisotopic (exact) mass is 585 g/mol. The number of sulfonamides is 1. The molecule has 0 bridgehead atoms. The van der Waals surface area contributed by atoms with Crippen LogP contribution in [0.2, 0.25) is 10.0 Å². The van der Waals surface area contributed by atoms with Crippen LogP contribution in [0.1, 0.15) is 38.2 Å². The average Bonchev–Trinajstić information content (AvgIpc) is 3.38. The van der Waals surface area contributed by atoms with E-state index in [4.69, 9.17) is 32.7 Å². The van der Waals surface area contributed by atoms with E-state index in [0.29, 0.717) is 27.1 Å². The van der Waals surface area contributed by atoms with Gasteiger partial charge in [-0.3, -0.25) is 13.9 Å². The van der Waals surface area contributed by atoms with Crippen LogP contribution in [0.15, 0.2) is 36.4 Å². The first-order valence-corrected chi connectivity index (χ1v) is 14.8. The third-order valence-electron chi connectivity index (χ3n) is 6.56. The number of hydrogen-bond donors (Lipinski definition) is 1. The number of nitrogens with zero attached hydrogens (tertiary/aromatic N) is 2. The van der Waals surface area contributed by atoms with Crippen molar-refractivity contribution in [1.82, 2.24) is 10.2 Å². The highest BCUT2D eigenvalue weighted by atomic mass is 35.5. The minimum absolute atomic E-state index is 0.0162. The number of rotatable bonds is 11. The van der Waals surface area contributed by atoms with Crippen LogP contribution in [-0.2, 0) is 26.2 Å². The molecule has 2 amide bonds. The van der Waals surface area contributed by atoms with Crippen LogP contribution in [0, 0.1) is 0 Å². The highest BCUT2D eigenvalue weighted by molar-refractivity contribution is 7.92. The first-order chi connectivity index (χ1) is 17.9. The second-order valence-corrected chi connectivity index (χ2v) is 12.0. The quantitative estimate of drug-likeness (QED) is 0.422. The van der Waals surface area contributed by atoms with Crippen molar-refractivity contribution in [3.8, 4) is 11.5 Å². The molecular formula is C26H33Cl2N3O6S. The van der Waals surface area contributed by atoms with Gasteiger partial charge in [-0.05, 0) is 49.6 Å². The van der Waals surface area contributed by atoms with Gasteiger partial charge in [0.15, 0.2) is 11.5 Å². The molecule has 2 aromatic rings. The molecule has 1 aliphatic rings. The molecule has 1 aliphatic carbocycles. The van der Waals surface area contributed by atoms with Crippen molar-refractivity contribution in [2.24, 2.45) is 0 Å². The maximum absolute atomic E-state index is 13.7. The number of anilines is 1. The molecule has 12 heteroatoms. The van der Waals surface area contributed by atoms with E-state index >= 15 is 0 Å². The van der Waals surface area contributed by atoms with Gasteiger partial charge in [-0.2, -0.15) is 0 Å². The predicted octanol–water partition coefficient (Wildman–Crippen LogP) is 4.25. The Morgan fingerprint density at radius 3 is 2.29 bits per heavy atom. The SMILES string of the molecule is COc1ccc(N(CC(=O)N(Cc2ccc(Cl)cc2Cl)[C@H](C)C(=O)NC2CCCC2)S(C)(=O)=O)cc1OC. The van der Waals surface area contributed by atoms with Gasteiger partial charge in [0.1, 0.15) is 12.6 Å². The standard InChI is InChI=1S/C26H33Cl2N3O6S/c1-17(26(33)29-20-7-5-6-8-20)30(15-18-9-10-19(27)13-22(18)28)25(32)16-31(38(4,34)35)21-11-12-23(36-2)24(14-21)37-3/h9-14,17,20H,5-8,15-16H2,1-4H3,(H,29,33)/t17-/m1/s1. The van der Waals surface area contributed by atoms with Crippen LogP contribution >= 0.6 is 23.2 Å². The van der Waals surface area contributed by atoms with Crippen molar-refractivity contribution in [1.29, 1.82) is 0 Å². The Morgan fingerprint density at radius 2 is 1.71 bits per heavy atom. The molecule has 38 heavy (non-hydrogen) atoms. The van der Waals surface area contributed by atoms with Crippen molar-refractivity contribution in [2.75, 3.05) is 31.3 Å². The van der Waals surface area contributed by atoms with Crippen LogP contribution in [0.5, 0.6) is 11.5 Å². The van der Waals surface area contributed by atoms with Crippen LogP contribution in [0.4, 0.5) is 5.69 Å². The molecular weight excluding hydrogens is 553 g/mol. The van der Waals surface area contributed by atoms with Gasteiger partial charge in [0.25, 0.3) is 0 Å². The first-order valence-electron chi connectivity index (χ1n) is 12.2. The summed E-state index contributed by atoms with van der Waals surface area (Å²) >= 11 is 12.4. The van der Waals surface area contributed by atoms with Gasteiger partial charge in [-0.15, -0.1) is 0 Å². The highest BCUT2D eigenvalue weighted by Crippen LogP contribution is 2.32. The molecule has 3 rings (SSSR count).